The van der Waals surface area contributed by atoms with Crippen LogP contribution in [0.4, 0.5) is 0 Å². The molecule has 1 fully saturated rings. The Hall–Kier alpha value is -0.120. The first-order chi connectivity index (χ1) is 7.30. The van der Waals surface area contributed by atoms with E-state index in [2.05, 4.69) is 32.6 Å². The van der Waals surface area contributed by atoms with Crippen LogP contribution in [-0.2, 0) is 0 Å². The highest BCUT2D eigenvalue weighted by atomic mass is 16.3. The summed E-state index contributed by atoms with van der Waals surface area (Å²) in [5.74, 6) is 0.451. The van der Waals surface area contributed by atoms with Gasteiger partial charge in [-0.2, -0.15) is 0 Å². The molecule has 16 heavy (non-hydrogen) atoms. The number of rotatable bonds is 3. The summed E-state index contributed by atoms with van der Waals surface area (Å²) < 4.78 is 0. The lowest BCUT2D eigenvalue weighted by Gasteiger charge is -2.36. The molecule has 0 saturated carbocycles. The van der Waals surface area contributed by atoms with Crippen LogP contribution in [0.5, 0.6) is 0 Å². The summed E-state index contributed by atoms with van der Waals surface area (Å²) >= 11 is 0. The van der Waals surface area contributed by atoms with Crippen LogP contribution in [0.1, 0.15) is 40.5 Å². The van der Waals surface area contributed by atoms with E-state index in [4.69, 9.17) is 5.73 Å². The van der Waals surface area contributed by atoms with Crippen LogP contribution in [0.15, 0.2) is 0 Å². The summed E-state index contributed by atoms with van der Waals surface area (Å²) in [5, 5.41) is 9.80. The zero-order chi connectivity index (χ0) is 12.3. The first-order valence-corrected chi connectivity index (χ1v) is 6.46. The minimum absolute atomic E-state index is 0.153. The van der Waals surface area contributed by atoms with Crippen molar-refractivity contribution in [2.45, 2.75) is 52.7 Å². The minimum atomic E-state index is -0.153. The molecule has 0 bridgehead atoms. The maximum absolute atomic E-state index is 9.80. The second-order valence-corrected chi connectivity index (χ2v) is 6.40. The molecular weight excluding hydrogens is 200 g/mol. The molecule has 0 amide bonds. The standard InChI is InChI=1S/C13H28N2O/c1-10-5-7-15(9-11(10)16)8-6-12(14)13(2,3)4/h10-12,16H,5-9,14H2,1-4H3. The molecule has 1 aliphatic heterocycles. The van der Waals surface area contributed by atoms with Gasteiger partial charge in [0.15, 0.2) is 0 Å². The van der Waals surface area contributed by atoms with Gasteiger partial charge in [-0.05, 0) is 37.3 Å². The lowest BCUT2D eigenvalue weighted by molar-refractivity contribution is 0.0269. The summed E-state index contributed by atoms with van der Waals surface area (Å²) in [6.07, 6.45) is 1.97. The lowest BCUT2D eigenvalue weighted by Crippen LogP contribution is -2.45. The number of β-amino-alcohol motifs (C(OH)–C–C–N with tert-alkyl or cyclic N) is 1. The summed E-state index contributed by atoms with van der Waals surface area (Å²) in [7, 11) is 0. The van der Waals surface area contributed by atoms with Gasteiger partial charge in [-0.25, -0.2) is 0 Å². The Labute approximate surface area is 100 Å². The molecule has 1 rings (SSSR count). The summed E-state index contributed by atoms with van der Waals surface area (Å²) in [5.41, 5.74) is 6.32. The maximum Gasteiger partial charge on any atom is 0.0693 e. The average molecular weight is 228 g/mol. The van der Waals surface area contributed by atoms with E-state index in [1.807, 2.05) is 0 Å². The van der Waals surface area contributed by atoms with Crippen LogP contribution in [0.2, 0.25) is 0 Å². The largest absolute Gasteiger partial charge is 0.392 e. The highest BCUT2D eigenvalue weighted by Gasteiger charge is 2.26. The normalized spacial score (nSPS) is 30.4. The molecule has 0 aromatic carbocycles. The number of piperidine rings is 1. The third-order valence-electron chi connectivity index (χ3n) is 3.87. The van der Waals surface area contributed by atoms with Crippen LogP contribution < -0.4 is 5.73 Å². The van der Waals surface area contributed by atoms with Crippen molar-refractivity contribution in [1.82, 2.24) is 4.90 Å². The second-order valence-electron chi connectivity index (χ2n) is 6.40. The fourth-order valence-electron chi connectivity index (χ4n) is 2.07. The zero-order valence-corrected chi connectivity index (χ0v) is 11.2. The van der Waals surface area contributed by atoms with Crippen molar-refractivity contribution in [1.29, 1.82) is 0 Å². The molecule has 3 atom stereocenters. The molecule has 3 heteroatoms. The molecule has 3 unspecified atom stereocenters. The van der Waals surface area contributed by atoms with Crippen molar-refractivity contribution in [2.75, 3.05) is 19.6 Å². The molecule has 0 aliphatic carbocycles. The van der Waals surface area contributed by atoms with Crippen molar-refractivity contribution in [3.8, 4) is 0 Å². The number of aliphatic hydroxyl groups is 1. The fourth-order valence-corrected chi connectivity index (χ4v) is 2.07. The number of hydrogen-bond donors (Lipinski definition) is 2. The molecule has 1 heterocycles. The Morgan fingerprint density at radius 2 is 2.06 bits per heavy atom. The third-order valence-corrected chi connectivity index (χ3v) is 3.87. The number of likely N-dealkylation sites (tertiary alicyclic amines) is 1. The van der Waals surface area contributed by atoms with Gasteiger partial charge in [-0.15, -0.1) is 0 Å². The SMILES string of the molecule is CC1CCN(CCC(N)C(C)(C)C)CC1O. The number of aliphatic hydroxyl groups excluding tert-OH is 1. The summed E-state index contributed by atoms with van der Waals surface area (Å²) in [6.45, 7) is 11.6. The first kappa shape index (κ1) is 13.9. The predicted molar refractivity (Wildman–Crippen MR) is 68.3 cm³/mol. The van der Waals surface area contributed by atoms with E-state index < -0.39 is 0 Å². The smallest absolute Gasteiger partial charge is 0.0693 e. The van der Waals surface area contributed by atoms with Crippen LogP contribution in [0.25, 0.3) is 0 Å². The van der Waals surface area contributed by atoms with Crippen molar-refractivity contribution in [2.24, 2.45) is 17.1 Å². The van der Waals surface area contributed by atoms with Crippen molar-refractivity contribution < 1.29 is 5.11 Å². The zero-order valence-electron chi connectivity index (χ0n) is 11.2. The Kier molecular flexibility index (Phi) is 4.77. The van der Waals surface area contributed by atoms with Gasteiger partial charge in [-0.3, -0.25) is 0 Å². The molecule has 0 aromatic rings. The average Bonchev–Trinajstić information content (AvgIpc) is 2.18. The Balaban J connectivity index is 2.29. The number of nitrogens with zero attached hydrogens (tertiary/aromatic N) is 1. The molecule has 3 nitrogen and oxygen atoms in total. The van der Waals surface area contributed by atoms with E-state index in [1.165, 1.54) is 0 Å². The molecule has 1 saturated heterocycles. The highest BCUT2D eigenvalue weighted by molar-refractivity contribution is 4.81. The highest BCUT2D eigenvalue weighted by Crippen LogP contribution is 2.21. The molecular formula is C13H28N2O. The van der Waals surface area contributed by atoms with Gasteiger partial charge in [0.1, 0.15) is 0 Å². The molecule has 3 N–H and O–H groups in total. The monoisotopic (exact) mass is 228 g/mol. The van der Waals surface area contributed by atoms with E-state index in [9.17, 15) is 5.11 Å². The van der Waals surface area contributed by atoms with Crippen molar-refractivity contribution in [3.05, 3.63) is 0 Å². The van der Waals surface area contributed by atoms with Crippen LogP contribution in [0, 0.1) is 11.3 Å². The predicted octanol–water partition coefficient (Wildman–Crippen LogP) is 1.45. The van der Waals surface area contributed by atoms with E-state index in [0.717, 1.165) is 32.5 Å². The van der Waals surface area contributed by atoms with Gasteiger partial charge < -0.3 is 15.7 Å². The second kappa shape index (κ2) is 5.48. The minimum Gasteiger partial charge on any atom is -0.392 e. The maximum atomic E-state index is 9.80. The van der Waals surface area contributed by atoms with Crippen LogP contribution in [0.3, 0.4) is 0 Å². The Morgan fingerprint density at radius 3 is 2.56 bits per heavy atom. The van der Waals surface area contributed by atoms with E-state index in [1.54, 1.807) is 0 Å². The quantitative estimate of drug-likeness (QED) is 0.769. The van der Waals surface area contributed by atoms with Gasteiger partial charge >= 0.3 is 0 Å². The molecule has 0 spiro atoms. The van der Waals surface area contributed by atoms with E-state index in [-0.39, 0.29) is 17.6 Å². The van der Waals surface area contributed by atoms with Gasteiger partial charge in [-0.1, -0.05) is 27.7 Å². The number of nitrogens with two attached hydrogens (primary N) is 1. The first-order valence-electron chi connectivity index (χ1n) is 6.46. The third kappa shape index (κ3) is 4.04. The Morgan fingerprint density at radius 1 is 1.44 bits per heavy atom. The molecule has 96 valence electrons. The molecule has 0 aromatic heterocycles. The van der Waals surface area contributed by atoms with Crippen LogP contribution in [-0.4, -0.2) is 41.8 Å². The number of hydrogen-bond acceptors (Lipinski definition) is 3. The van der Waals surface area contributed by atoms with Gasteiger partial charge in [0, 0.05) is 12.6 Å². The van der Waals surface area contributed by atoms with Crippen molar-refractivity contribution >= 4 is 0 Å². The summed E-state index contributed by atoms with van der Waals surface area (Å²) in [6, 6.07) is 0.240. The van der Waals surface area contributed by atoms with Gasteiger partial charge in [0.25, 0.3) is 0 Å². The molecule has 1 aliphatic rings. The topological polar surface area (TPSA) is 49.5 Å². The molecule has 0 radical (unpaired) electrons. The Bertz CT molecular complexity index is 212. The van der Waals surface area contributed by atoms with Gasteiger partial charge in [0.05, 0.1) is 6.10 Å². The fraction of sp³-hybridized carbons (Fsp3) is 1.00. The van der Waals surface area contributed by atoms with Gasteiger partial charge in [0.2, 0.25) is 0 Å². The van der Waals surface area contributed by atoms with E-state index >= 15 is 0 Å². The van der Waals surface area contributed by atoms with Crippen LogP contribution >= 0.6 is 0 Å². The van der Waals surface area contributed by atoms with Crippen molar-refractivity contribution in [3.63, 3.8) is 0 Å². The lowest BCUT2D eigenvalue weighted by atomic mass is 9.85. The van der Waals surface area contributed by atoms with E-state index in [0.29, 0.717) is 5.92 Å². The summed E-state index contributed by atoms with van der Waals surface area (Å²) in [4.78, 5) is 2.34.